The van der Waals surface area contributed by atoms with Gasteiger partial charge in [-0.3, -0.25) is 0 Å². The fraction of sp³-hybridized carbons (Fsp3) is 0.500. The van der Waals surface area contributed by atoms with Crippen LogP contribution in [-0.4, -0.2) is 25.3 Å². The highest BCUT2D eigenvalue weighted by atomic mass is 32.2. The minimum Gasteiger partial charge on any atom is -0.399 e. The van der Waals surface area contributed by atoms with E-state index in [1.54, 1.807) is 28.6 Å². The van der Waals surface area contributed by atoms with Gasteiger partial charge in [0.15, 0.2) is 0 Å². The van der Waals surface area contributed by atoms with E-state index in [-0.39, 0.29) is 6.04 Å². The van der Waals surface area contributed by atoms with Crippen LogP contribution in [0, 0.1) is 5.92 Å². The lowest BCUT2D eigenvalue weighted by Gasteiger charge is -2.26. The van der Waals surface area contributed by atoms with Gasteiger partial charge in [-0.05, 0) is 43.4 Å². The number of anilines is 1. The molecule has 2 atom stereocenters. The van der Waals surface area contributed by atoms with Crippen LogP contribution >= 0.6 is 0 Å². The molecule has 1 aliphatic heterocycles. The maximum atomic E-state index is 12.4. The van der Waals surface area contributed by atoms with Crippen molar-refractivity contribution in [3.05, 3.63) is 24.3 Å². The van der Waals surface area contributed by atoms with Crippen molar-refractivity contribution in [1.82, 2.24) is 4.31 Å². The average molecular weight is 252 g/mol. The van der Waals surface area contributed by atoms with Gasteiger partial charge in [0.2, 0.25) is 10.0 Å². The Morgan fingerprint density at radius 2 is 2.12 bits per heavy atom. The first-order valence-electron chi connectivity index (χ1n) is 5.95. The number of fused-ring (bicyclic) bond motifs is 2. The number of rotatable bonds is 2. The molecule has 2 aliphatic rings. The SMILES string of the molecule is Nc1cccc(S(=O)(=O)N2CC3CCC2C3)c1. The van der Waals surface area contributed by atoms with Crippen LogP contribution in [0.4, 0.5) is 5.69 Å². The largest absolute Gasteiger partial charge is 0.399 e. The molecule has 0 aromatic heterocycles. The van der Waals surface area contributed by atoms with Crippen molar-refractivity contribution in [3.8, 4) is 0 Å². The number of hydrogen-bond donors (Lipinski definition) is 1. The Bertz CT molecular complexity index is 541. The van der Waals surface area contributed by atoms with E-state index in [9.17, 15) is 8.42 Å². The second kappa shape index (κ2) is 3.71. The summed E-state index contributed by atoms with van der Waals surface area (Å²) < 4.78 is 26.6. The Labute approximate surface area is 101 Å². The van der Waals surface area contributed by atoms with Gasteiger partial charge >= 0.3 is 0 Å². The number of sulfonamides is 1. The van der Waals surface area contributed by atoms with Gasteiger partial charge in [-0.2, -0.15) is 4.31 Å². The zero-order valence-electron chi connectivity index (χ0n) is 9.54. The molecule has 4 nitrogen and oxygen atoms in total. The van der Waals surface area contributed by atoms with E-state index in [1.807, 2.05) is 0 Å². The number of benzene rings is 1. The van der Waals surface area contributed by atoms with Gasteiger partial charge in [0.05, 0.1) is 4.90 Å². The number of nitrogen functional groups attached to an aromatic ring is 1. The van der Waals surface area contributed by atoms with Crippen molar-refractivity contribution in [2.45, 2.75) is 30.2 Å². The summed E-state index contributed by atoms with van der Waals surface area (Å²) in [5.74, 6) is 0.566. The van der Waals surface area contributed by atoms with E-state index < -0.39 is 10.0 Å². The normalized spacial score (nSPS) is 28.7. The molecule has 1 heterocycles. The van der Waals surface area contributed by atoms with E-state index in [1.165, 1.54) is 6.42 Å². The first kappa shape index (κ1) is 11.0. The smallest absolute Gasteiger partial charge is 0.243 e. The lowest BCUT2D eigenvalue weighted by atomic mass is 10.1. The summed E-state index contributed by atoms with van der Waals surface area (Å²) >= 11 is 0. The summed E-state index contributed by atoms with van der Waals surface area (Å²) in [4.78, 5) is 0.324. The Balaban J connectivity index is 1.96. The van der Waals surface area contributed by atoms with Crippen molar-refractivity contribution in [2.75, 3.05) is 12.3 Å². The van der Waals surface area contributed by atoms with Crippen molar-refractivity contribution in [2.24, 2.45) is 5.92 Å². The number of piperidine rings is 1. The van der Waals surface area contributed by atoms with Gasteiger partial charge < -0.3 is 5.73 Å². The molecule has 2 fully saturated rings. The second-order valence-corrected chi connectivity index (χ2v) is 6.87. The predicted octanol–water partition coefficient (Wildman–Crippen LogP) is 1.44. The Morgan fingerprint density at radius 3 is 2.71 bits per heavy atom. The summed E-state index contributed by atoms with van der Waals surface area (Å²) in [6.45, 7) is 0.682. The molecule has 2 bridgehead atoms. The standard InChI is InChI=1S/C12H16N2O2S/c13-10-2-1-3-12(7-10)17(15,16)14-8-9-4-5-11(14)6-9/h1-3,7,9,11H,4-6,8,13H2. The molecule has 1 aliphatic carbocycles. The molecule has 1 saturated heterocycles. The third-order valence-electron chi connectivity index (χ3n) is 3.82. The van der Waals surface area contributed by atoms with Gasteiger partial charge in [0, 0.05) is 18.3 Å². The second-order valence-electron chi connectivity index (χ2n) is 4.98. The van der Waals surface area contributed by atoms with Crippen LogP contribution < -0.4 is 5.73 Å². The molecule has 0 amide bonds. The summed E-state index contributed by atoms with van der Waals surface area (Å²) in [6.07, 6.45) is 3.21. The summed E-state index contributed by atoms with van der Waals surface area (Å²) in [6, 6.07) is 6.77. The van der Waals surface area contributed by atoms with Crippen molar-refractivity contribution < 1.29 is 8.42 Å². The van der Waals surface area contributed by atoms with Crippen molar-refractivity contribution in [3.63, 3.8) is 0 Å². The highest BCUT2D eigenvalue weighted by Crippen LogP contribution is 2.40. The van der Waals surface area contributed by atoms with Crippen molar-refractivity contribution >= 4 is 15.7 Å². The molecule has 5 heteroatoms. The van der Waals surface area contributed by atoms with Crippen LogP contribution in [0.15, 0.2) is 29.2 Å². The van der Waals surface area contributed by atoms with Crippen LogP contribution in [0.1, 0.15) is 19.3 Å². The topological polar surface area (TPSA) is 63.4 Å². The van der Waals surface area contributed by atoms with Crippen LogP contribution in [0.2, 0.25) is 0 Å². The molecule has 3 rings (SSSR count). The number of hydrogen-bond acceptors (Lipinski definition) is 3. The third-order valence-corrected chi connectivity index (χ3v) is 5.74. The first-order valence-corrected chi connectivity index (χ1v) is 7.39. The van der Waals surface area contributed by atoms with E-state index >= 15 is 0 Å². The maximum absolute atomic E-state index is 12.4. The molecule has 17 heavy (non-hydrogen) atoms. The summed E-state index contributed by atoms with van der Waals surface area (Å²) in [5, 5.41) is 0. The molecule has 2 N–H and O–H groups in total. The molecular formula is C12H16N2O2S. The summed E-state index contributed by atoms with van der Waals surface area (Å²) in [7, 11) is -3.34. The molecule has 2 unspecified atom stereocenters. The van der Waals surface area contributed by atoms with E-state index in [2.05, 4.69) is 0 Å². The van der Waals surface area contributed by atoms with Gasteiger partial charge in [-0.25, -0.2) is 8.42 Å². The van der Waals surface area contributed by atoms with Crippen LogP contribution in [0.5, 0.6) is 0 Å². The molecule has 1 saturated carbocycles. The molecular weight excluding hydrogens is 236 g/mol. The van der Waals surface area contributed by atoms with E-state index in [0.717, 1.165) is 12.8 Å². The molecule has 1 aromatic carbocycles. The maximum Gasteiger partial charge on any atom is 0.243 e. The zero-order valence-corrected chi connectivity index (χ0v) is 10.4. The van der Waals surface area contributed by atoms with Crippen LogP contribution in [0.3, 0.4) is 0 Å². The average Bonchev–Trinajstić information content (AvgIpc) is 2.91. The quantitative estimate of drug-likeness (QED) is 0.810. The highest BCUT2D eigenvalue weighted by Gasteiger charge is 2.44. The Morgan fingerprint density at radius 1 is 1.29 bits per heavy atom. The zero-order chi connectivity index (χ0) is 12.0. The minimum absolute atomic E-state index is 0.214. The van der Waals surface area contributed by atoms with Crippen molar-refractivity contribution in [1.29, 1.82) is 0 Å². The summed E-state index contributed by atoms with van der Waals surface area (Å²) in [5.41, 5.74) is 6.14. The monoisotopic (exact) mass is 252 g/mol. The lowest BCUT2D eigenvalue weighted by Crippen LogP contribution is -2.37. The molecule has 92 valence electrons. The molecule has 0 spiro atoms. The van der Waals surface area contributed by atoms with E-state index in [0.29, 0.717) is 23.0 Å². The lowest BCUT2D eigenvalue weighted by molar-refractivity contribution is 0.333. The molecule has 1 aromatic rings. The van der Waals surface area contributed by atoms with Gasteiger partial charge in [-0.1, -0.05) is 6.07 Å². The van der Waals surface area contributed by atoms with Crippen LogP contribution in [-0.2, 0) is 10.0 Å². The van der Waals surface area contributed by atoms with Crippen LogP contribution in [0.25, 0.3) is 0 Å². The van der Waals surface area contributed by atoms with Gasteiger partial charge in [0.25, 0.3) is 0 Å². The fourth-order valence-corrected chi connectivity index (χ4v) is 4.78. The predicted molar refractivity (Wildman–Crippen MR) is 65.9 cm³/mol. The highest BCUT2D eigenvalue weighted by molar-refractivity contribution is 7.89. The number of nitrogens with two attached hydrogens (primary N) is 1. The molecule has 0 radical (unpaired) electrons. The number of nitrogens with zero attached hydrogens (tertiary/aromatic N) is 1. The Hall–Kier alpha value is -1.07. The minimum atomic E-state index is -3.34. The first-order chi connectivity index (χ1) is 8.07. The van der Waals surface area contributed by atoms with Gasteiger partial charge in [-0.15, -0.1) is 0 Å². The Kier molecular flexibility index (Phi) is 2.41. The van der Waals surface area contributed by atoms with Gasteiger partial charge in [0.1, 0.15) is 0 Å². The fourth-order valence-electron chi connectivity index (χ4n) is 2.98. The third kappa shape index (κ3) is 1.73. The van der Waals surface area contributed by atoms with E-state index in [4.69, 9.17) is 5.73 Å².